The molecule has 1 atom stereocenters. The third-order valence-electron chi connectivity index (χ3n) is 4.95. The standard InChI is InChI=1S/C19H21NO6/c1-11-14-6-5-13(25-2)8-16(14)26-19(24)15(11)9-17(21)20-7-3-4-12(10-20)18(22)23/h5-6,8,12H,3-4,7,9-10H2,1-2H3,(H,22,23). The second kappa shape index (κ2) is 7.19. The number of benzene rings is 1. The molecule has 26 heavy (non-hydrogen) atoms. The fourth-order valence-corrected chi connectivity index (χ4v) is 3.37. The van der Waals surface area contributed by atoms with Crippen molar-refractivity contribution in [2.45, 2.75) is 26.2 Å². The predicted octanol–water partition coefficient (Wildman–Crippen LogP) is 1.98. The molecule has 138 valence electrons. The summed E-state index contributed by atoms with van der Waals surface area (Å²) in [5.74, 6) is -1.11. The fourth-order valence-electron chi connectivity index (χ4n) is 3.37. The lowest BCUT2D eigenvalue weighted by atomic mass is 9.97. The average Bonchev–Trinajstić information content (AvgIpc) is 2.64. The van der Waals surface area contributed by atoms with Crippen LogP contribution in [0.25, 0.3) is 11.0 Å². The highest BCUT2D eigenvalue weighted by molar-refractivity contribution is 5.85. The summed E-state index contributed by atoms with van der Waals surface area (Å²) in [6.07, 6.45) is 1.12. The van der Waals surface area contributed by atoms with Gasteiger partial charge in [-0.1, -0.05) is 0 Å². The van der Waals surface area contributed by atoms with E-state index < -0.39 is 17.5 Å². The lowest BCUT2D eigenvalue weighted by molar-refractivity contribution is -0.145. The zero-order valence-corrected chi connectivity index (χ0v) is 14.8. The number of nitrogens with zero attached hydrogens (tertiary/aromatic N) is 1. The van der Waals surface area contributed by atoms with Gasteiger partial charge >= 0.3 is 11.6 Å². The van der Waals surface area contributed by atoms with Crippen LogP contribution in [-0.4, -0.2) is 42.1 Å². The SMILES string of the molecule is COc1ccc2c(C)c(CC(=O)N3CCCC(C(=O)O)C3)c(=O)oc2c1. The van der Waals surface area contributed by atoms with Crippen molar-refractivity contribution in [3.05, 3.63) is 39.7 Å². The number of amides is 1. The molecule has 0 bridgehead atoms. The lowest BCUT2D eigenvalue weighted by Gasteiger charge is -2.30. The van der Waals surface area contributed by atoms with E-state index in [1.165, 1.54) is 12.0 Å². The number of carbonyl (C=O) groups excluding carboxylic acids is 1. The number of carboxylic acid groups (broad SMARTS) is 1. The molecule has 0 saturated carbocycles. The van der Waals surface area contributed by atoms with E-state index in [-0.39, 0.29) is 18.9 Å². The second-order valence-corrected chi connectivity index (χ2v) is 6.55. The van der Waals surface area contributed by atoms with Gasteiger partial charge in [-0.05, 0) is 37.5 Å². The van der Waals surface area contributed by atoms with Gasteiger partial charge in [0.15, 0.2) is 0 Å². The third kappa shape index (κ3) is 3.42. The quantitative estimate of drug-likeness (QED) is 0.839. The van der Waals surface area contributed by atoms with E-state index in [4.69, 9.17) is 14.3 Å². The number of fused-ring (bicyclic) bond motifs is 1. The van der Waals surface area contributed by atoms with E-state index in [2.05, 4.69) is 0 Å². The van der Waals surface area contributed by atoms with Crippen molar-refractivity contribution in [3.8, 4) is 5.75 Å². The zero-order valence-electron chi connectivity index (χ0n) is 14.8. The average molecular weight is 359 g/mol. The number of hydrogen-bond donors (Lipinski definition) is 1. The first-order valence-corrected chi connectivity index (χ1v) is 8.51. The molecule has 0 radical (unpaired) electrons. The Morgan fingerprint density at radius 2 is 2.15 bits per heavy atom. The number of ether oxygens (including phenoxy) is 1. The van der Waals surface area contributed by atoms with E-state index in [9.17, 15) is 14.4 Å². The van der Waals surface area contributed by atoms with Crippen LogP contribution in [-0.2, 0) is 16.0 Å². The molecular weight excluding hydrogens is 338 g/mol. The Morgan fingerprint density at radius 3 is 2.85 bits per heavy atom. The highest BCUT2D eigenvalue weighted by atomic mass is 16.5. The molecule has 0 spiro atoms. The van der Waals surface area contributed by atoms with Gasteiger partial charge in [0, 0.05) is 24.5 Å². The largest absolute Gasteiger partial charge is 0.497 e. The fraction of sp³-hybridized carbons (Fsp3) is 0.421. The number of piperidine rings is 1. The van der Waals surface area contributed by atoms with Crippen LogP contribution in [0.3, 0.4) is 0 Å². The number of likely N-dealkylation sites (tertiary alicyclic amines) is 1. The lowest BCUT2D eigenvalue weighted by Crippen LogP contribution is -2.43. The number of carbonyl (C=O) groups is 2. The Morgan fingerprint density at radius 1 is 1.38 bits per heavy atom. The van der Waals surface area contributed by atoms with Crippen LogP contribution >= 0.6 is 0 Å². The number of aliphatic carboxylic acids is 1. The van der Waals surface area contributed by atoms with Gasteiger partial charge in [0.25, 0.3) is 0 Å². The van der Waals surface area contributed by atoms with Crippen LogP contribution < -0.4 is 10.4 Å². The van der Waals surface area contributed by atoms with Crippen molar-refractivity contribution in [2.24, 2.45) is 5.92 Å². The van der Waals surface area contributed by atoms with Gasteiger partial charge in [-0.2, -0.15) is 0 Å². The minimum absolute atomic E-state index is 0.0948. The van der Waals surface area contributed by atoms with Crippen molar-refractivity contribution in [3.63, 3.8) is 0 Å². The second-order valence-electron chi connectivity index (χ2n) is 6.55. The Labute approximate surface area is 150 Å². The van der Waals surface area contributed by atoms with Gasteiger partial charge < -0.3 is 19.2 Å². The first-order chi connectivity index (χ1) is 12.4. The molecule has 1 amide bonds. The molecule has 1 aliphatic rings. The Kier molecular flexibility index (Phi) is 4.97. The summed E-state index contributed by atoms with van der Waals surface area (Å²) in [5, 5.41) is 9.91. The van der Waals surface area contributed by atoms with Crippen LogP contribution in [0.2, 0.25) is 0 Å². The van der Waals surface area contributed by atoms with E-state index in [1.54, 1.807) is 25.1 Å². The first-order valence-electron chi connectivity index (χ1n) is 8.51. The Balaban J connectivity index is 1.87. The molecule has 7 heteroatoms. The summed E-state index contributed by atoms with van der Waals surface area (Å²) < 4.78 is 10.5. The van der Waals surface area contributed by atoms with Gasteiger partial charge in [-0.3, -0.25) is 9.59 Å². The summed E-state index contributed by atoms with van der Waals surface area (Å²) >= 11 is 0. The predicted molar refractivity (Wildman–Crippen MR) is 94.4 cm³/mol. The molecular formula is C19H21NO6. The van der Waals surface area contributed by atoms with Crippen molar-refractivity contribution in [1.29, 1.82) is 0 Å². The molecule has 1 aliphatic heterocycles. The van der Waals surface area contributed by atoms with E-state index in [0.29, 0.717) is 41.8 Å². The van der Waals surface area contributed by atoms with Crippen molar-refractivity contribution in [1.82, 2.24) is 4.90 Å². The van der Waals surface area contributed by atoms with Crippen LogP contribution in [0.1, 0.15) is 24.0 Å². The summed E-state index contributed by atoms with van der Waals surface area (Å²) in [7, 11) is 1.53. The highest BCUT2D eigenvalue weighted by Gasteiger charge is 2.29. The first kappa shape index (κ1) is 18.0. The molecule has 1 N–H and O–H groups in total. The number of methoxy groups -OCH3 is 1. The molecule has 7 nitrogen and oxygen atoms in total. The molecule has 3 rings (SSSR count). The molecule has 2 heterocycles. The van der Waals surface area contributed by atoms with Crippen LogP contribution in [0.5, 0.6) is 5.75 Å². The van der Waals surface area contributed by atoms with Crippen molar-refractivity contribution < 1.29 is 23.8 Å². The number of aryl methyl sites for hydroxylation is 1. The van der Waals surface area contributed by atoms with Gasteiger partial charge in [0.05, 0.1) is 25.0 Å². The molecule has 1 unspecified atom stereocenters. The minimum Gasteiger partial charge on any atom is -0.497 e. The summed E-state index contributed by atoms with van der Waals surface area (Å²) in [5.41, 5.74) is 0.861. The number of carboxylic acids is 1. The molecule has 1 fully saturated rings. The van der Waals surface area contributed by atoms with Gasteiger partial charge in [0.2, 0.25) is 5.91 Å². The summed E-state index contributed by atoms with van der Waals surface area (Å²) in [6, 6.07) is 5.20. The van der Waals surface area contributed by atoms with Gasteiger partial charge in [-0.25, -0.2) is 4.79 Å². The summed E-state index contributed by atoms with van der Waals surface area (Å²) in [4.78, 5) is 37.7. The maximum absolute atomic E-state index is 12.6. The minimum atomic E-state index is -0.891. The molecule has 1 saturated heterocycles. The van der Waals surface area contributed by atoms with Crippen molar-refractivity contribution >= 4 is 22.8 Å². The smallest absolute Gasteiger partial charge is 0.340 e. The topological polar surface area (TPSA) is 97.0 Å². The molecule has 2 aromatic rings. The van der Waals surface area contributed by atoms with Crippen LogP contribution in [0.4, 0.5) is 0 Å². The maximum atomic E-state index is 12.6. The monoisotopic (exact) mass is 359 g/mol. The highest BCUT2D eigenvalue weighted by Crippen LogP contribution is 2.25. The van der Waals surface area contributed by atoms with Gasteiger partial charge in [0.1, 0.15) is 11.3 Å². The molecule has 1 aromatic carbocycles. The van der Waals surface area contributed by atoms with Crippen LogP contribution in [0.15, 0.2) is 27.4 Å². The van der Waals surface area contributed by atoms with E-state index in [1.807, 2.05) is 0 Å². The summed E-state index contributed by atoms with van der Waals surface area (Å²) in [6.45, 7) is 2.48. The number of rotatable bonds is 4. The molecule has 1 aromatic heterocycles. The number of hydrogen-bond acceptors (Lipinski definition) is 5. The normalized spacial score (nSPS) is 17.3. The van der Waals surface area contributed by atoms with E-state index in [0.717, 1.165) is 5.39 Å². The Bertz CT molecular complexity index is 916. The molecule has 0 aliphatic carbocycles. The van der Waals surface area contributed by atoms with E-state index >= 15 is 0 Å². The van der Waals surface area contributed by atoms with Gasteiger partial charge in [-0.15, -0.1) is 0 Å². The maximum Gasteiger partial charge on any atom is 0.340 e. The third-order valence-corrected chi connectivity index (χ3v) is 4.95. The Hall–Kier alpha value is -2.83. The zero-order chi connectivity index (χ0) is 18.8. The van der Waals surface area contributed by atoms with Crippen molar-refractivity contribution in [2.75, 3.05) is 20.2 Å². The van der Waals surface area contributed by atoms with Crippen LogP contribution in [0, 0.1) is 12.8 Å².